The lowest BCUT2D eigenvalue weighted by Crippen LogP contribution is -2.07. The molecule has 104 valence electrons. The van der Waals surface area contributed by atoms with Gasteiger partial charge in [-0.3, -0.25) is 0 Å². The zero-order chi connectivity index (χ0) is 14.1. The van der Waals surface area contributed by atoms with Crippen LogP contribution in [0.3, 0.4) is 0 Å². The fraction of sp³-hybridized carbons (Fsp3) is 0.471. The van der Waals surface area contributed by atoms with Gasteiger partial charge in [-0.25, -0.2) is 4.79 Å². The first-order chi connectivity index (χ1) is 9.20. The Balaban J connectivity index is 2.97. The first-order valence-electron chi connectivity index (χ1n) is 7.13. The lowest BCUT2D eigenvalue weighted by atomic mass is 9.95. The van der Waals surface area contributed by atoms with E-state index in [9.17, 15) is 4.79 Å². The van der Waals surface area contributed by atoms with Crippen LogP contribution in [0, 0.1) is 0 Å². The minimum atomic E-state index is -0.196. The van der Waals surface area contributed by atoms with E-state index in [0.717, 1.165) is 29.6 Å². The van der Waals surface area contributed by atoms with Crippen LogP contribution in [0.25, 0.3) is 5.57 Å². The minimum Gasteiger partial charge on any atom is -0.463 e. The van der Waals surface area contributed by atoms with E-state index in [4.69, 9.17) is 4.74 Å². The maximum absolute atomic E-state index is 11.9. The van der Waals surface area contributed by atoms with Crippen LogP contribution in [-0.4, -0.2) is 12.6 Å². The molecule has 2 nitrogen and oxygen atoms in total. The highest BCUT2D eigenvalue weighted by molar-refractivity contribution is 5.97. The standard InChI is InChI=1S/C17H24O2/c1-4-6-8-13-16(14(3)17(18)19-5-2)15-11-9-7-10-12-15/h7,9-12H,4-6,8,13H2,1-3H3/b16-14+. The Labute approximate surface area is 116 Å². The van der Waals surface area contributed by atoms with Crippen LogP contribution in [0.4, 0.5) is 0 Å². The highest BCUT2D eigenvalue weighted by Gasteiger charge is 2.13. The molecule has 0 N–H and O–H groups in total. The van der Waals surface area contributed by atoms with Crippen molar-refractivity contribution in [3.05, 3.63) is 41.5 Å². The van der Waals surface area contributed by atoms with Gasteiger partial charge in [0.2, 0.25) is 0 Å². The van der Waals surface area contributed by atoms with E-state index < -0.39 is 0 Å². The predicted octanol–water partition coefficient (Wildman–Crippen LogP) is 4.60. The molecule has 19 heavy (non-hydrogen) atoms. The van der Waals surface area contributed by atoms with Gasteiger partial charge >= 0.3 is 5.97 Å². The second kappa shape index (κ2) is 8.52. The smallest absolute Gasteiger partial charge is 0.333 e. The van der Waals surface area contributed by atoms with Crippen molar-refractivity contribution in [1.29, 1.82) is 0 Å². The van der Waals surface area contributed by atoms with Crippen molar-refractivity contribution in [1.82, 2.24) is 0 Å². The number of hydrogen-bond donors (Lipinski definition) is 0. The highest BCUT2D eigenvalue weighted by Crippen LogP contribution is 2.25. The van der Waals surface area contributed by atoms with Gasteiger partial charge in [0.1, 0.15) is 0 Å². The minimum absolute atomic E-state index is 0.196. The largest absolute Gasteiger partial charge is 0.463 e. The van der Waals surface area contributed by atoms with Gasteiger partial charge in [0.05, 0.1) is 6.61 Å². The summed E-state index contributed by atoms with van der Waals surface area (Å²) in [6.07, 6.45) is 4.41. The number of hydrogen-bond acceptors (Lipinski definition) is 2. The Kier molecular flexibility index (Phi) is 6.94. The van der Waals surface area contributed by atoms with Crippen molar-refractivity contribution in [2.45, 2.75) is 46.5 Å². The molecule has 0 unspecified atom stereocenters. The monoisotopic (exact) mass is 260 g/mol. The van der Waals surface area contributed by atoms with Gasteiger partial charge in [-0.05, 0) is 37.8 Å². The summed E-state index contributed by atoms with van der Waals surface area (Å²) < 4.78 is 5.12. The zero-order valence-corrected chi connectivity index (χ0v) is 12.2. The molecular formula is C17H24O2. The Bertz CT molecular complexity index is 418. The van der Waals surface area contributed by atoms with Crippen molar-refractivity contribution in [3.63, 3.8) is 0 Å². The van der Waals surface area contributed by atoms with Crippen LogP contribution >= 0.6 is 0 Å². The Morgan fingerprint density at radius 3 is 2.37 bits per heavy atom. The van der Waals surface area contributed by atoms with Crippen molar-refractivity contribution in [2.24, 2.45) is 0 Å². The van der Waals surface area contributed by atoms with Gasteiger partial charge in [-0.1, -0.05) is 50.1 Å². The van der Waals surface area contributed by atoms with Crippen molar-refractivity contribution >= 4 is 11.5 Å². The highest BCUT2D eigenvalue weighted by atomic mass is 16.5. The van der Waals surface area contributed by atoms with Crippen molar-refractivity contribution in [2.75, 3.05) is 6.61 Å². The number of allylic oxidation sites excluding steroid dienone is 1. The van der Waals surface area contributed by atoms with E-state index in [1.165, 1.54) is 12.8 Å². The van der Waals surface area contributed by atoms with E-state index in [0.29, 0.717) is 6.61 Å². The first kappa shape index (κ1) is 15.5. The summed E-state index contributed by atoms with van der Waals surface area (Å²) in [5, 5.41) is 0. The molecule has 1 aromatic carbocycles. The van der Waals surface area contributed by atoms with Crippen LogP contribution in [0.1, 0.15) is 52.0 Å². The average molecular weight is 260 g/mol. The van der Waals surface area contributed by atoms with E-state index >= 15 is 0 Å². The predicted molar refractivity (Wildman–Crippen MR) is 79.8 cm³/mol. The van der Waals surface area contributed by atoms with Crippen LogP contribution in [-0.2, 0) is 9.53 Å². The Hall–Kier alpha value is -1.57. The molecule has 1 aromatic rings. The topological polar surface area (TPSA) is 26.3 Å². The third-order valence-corrected chi connectivity index (χ3v) is 3.19. The van der Waals surface area contributed by atoms with Gasteiger partial charge in [-0.2, -0.15) is 0 Å². The summed E-state index contributed by atoms with van der Waals surface area (Å²) in [5.41, 5.74) is 2.99. The summed E-state index contributed by atoms with van der Waals surface area (Å²) in [5.74, 6) is -0.196. The van der Waals surface area contributed by atoms with Gasteiger partial charge in [0, 0.05) is 5.57 Å². The molecule has 0 aromatic heterocycles. The lowest BCUT2D eigenvalue weighted by molar-refractivity contribution is -0.138. The van der Waals surface area contributed by atoms with Crippen LogP contribution in [0.15, 0.2) is 35.9 Å². The van der Waals surface area contributed by atoms with E-state index in [-0.39, 0.29) is 5.97 Å². The number of rotatable bonds is 7. The summed E-state index contributed by atoms with van der Waals surface area (Å²) in [6, 6.07) is 10.1. The summed E-state index contributed by atoms with van der Waals surface area (Å²) >= 11 is 0. The molecule has 0 amide bonds. The molecule has 0 heterocycles. The number of carbonyl (C=O) groups is 1. The fourth-order valence-corrected chi connectivity index (χ4v) is 2.10. The normalized spacial score (nSPS) is 11.9. The van der Waals surface area contributed by atoms with Crippen molar-refractivity contribution < 1.29 is 9.53 Å². The summed E-state index contributed by atoms with van der Waals surface area (Å²) in [4.78, 5) is 11.9. The van der Waals surface area contributed by atoms with Crippen LogP contribution in [0.5, 0.6) is 0 Å². The second-order valence-electron chi connectivity index (χ2n) is 4.65. The Morgan fingerprint density at radius 1 is 1.11 bits per heavy atom. The molecule has 0 aliphatic rings. The number of carbonyl (C=O) groups excluding carboxylic acids is 1. The molecule has 0 atom stereocenters. The van der Waals surface area contributed by atoms with E-state index in [1.54, 1.807) is 0 Å². The lowest BCUT2D eigenvalue weighted by Gasteiger charge is -2.12. The molecule has 0 radical (unpaired) electrons. The van der Waals surface area contributed by atoms with Gasteiger partial charge in [-0.15, -0.1) is 0 Å². The molecule has 2 heteroatoms. The van der Waals surface area contributed by atoms with E-state index in [1.807, 2.05) is 32.0 Å². The molecule has 1 rings (SSSR count). The Morgan fingerprint density at radius 2 is 1.79 bits per heavy atom. The molecule has 0 saturated carbocycles. The second-order valence-corrected chi connectivity index (χ2v) is 4.65. The summed E-state index contributed by atoms with van der Waals surface area (Å²) in [6.45, 7) is 6.31. The number of ether oxygens (including phenoxy) is 1. The SMILES string of the molecule is CCCCC/C(=C(/C)C(=O)OCC)c1ccccc1. The zero-order valence-electron chi connectivity index (χ0n) is 12.2. The third kappa shape index (κ3) is 4.90. The fourth-order valence-electron chi connectivity index (χ4n) is 2.10. The van der Waals surface area contributed by atoms with Crippen molar-refractivity contribution in [3.8, 4) is 0 Å². The molecule has 0 bridgehead atoms. The quantitative estimate of drug-likeness (QED) is 0.407. The number of esters is 1. The van der Waals surface area contributed by atoms with Crippen LogP contribution in [0.2, 0.25) is 0 Å². The first-order valence-corrected chi connectivity index (χ1v) is 7.13. The molecule has 0 aliphatic carbocycles. The molecule has 0 spiro atoms. The van der Waals surface area contributed by atoms with Gasteiger partial charge < -0.3 is 4.74 Å². The molecule has 0 saturated heterocycles. The van der Waals surface area contributed by atoms with Gasteiger partial charge in [0.15, 0.2) is 0 Å². The third-order valence-electron chi connectivity index (χ3n) is 3.19. The molecule has 0 aliphatic heterocycles. The van der Waals surface area contributed by atoms with E-state index in [2.05, 4.69) is 19.1 Å². The van der Waals surface area contributed by atoms with Gasteiger partial charge in [0.25, 0.3) is 0 Å². The average Bonchev–Trinajstić information content (AvgIpc) is 2.44. The molecule has 0 fully saturated rings. The maximum atomic E-state index is 11.9. The molecular weight excluding hydrogens is 236 g/mol. The number of unbranched alkanes of at least 4 members (excludes halogenated alkanes) is 2. The van der Waals surface area contributed by atoms with Crippen LogP contribution < -0.4 is 0 Å². The number of benzene rings is 1. The maximum Gasteiger partial charge on any atom is 0.333 e. The summed E-state index contributed by atoms with van der Waals surface area (Å²) in [7, 11) is 0.